The second kappa shape index (κ2) is 11.6. The standard InChI is InChI=1S/C23H31FN4O5/c1-15(2)32-23(29)28-9-7-17(8-10-28)33-22-16(3)21(25-14-26-22)27-20-6-5-18(13-19(20)24)31-12-11-30-4/h5-6,13-15,17H,7-12H2,1-4H3,(H,25,26,27). The van der Waals surface area contributed by atoms with E-state index in [1.165, 1.54) is 12.4 Å². The van der Waals surface area contributed by atoms with Crippen LogP contribution >= 0.6 is 0 Å². The number of carbonyl (C=O) groups is 1. The van der Waals surface area contributed by atoms with Gasteiger partial charge >= 0.3 is 6.09 Å². The molecule has 0 atom stereocenters. The summed E-state index contributed by atoms with van der Waals surface area (Å²) in [6.45, 7) is 7.33. The monoisotopic (exact) mass is 462 g/mol. The van der Waals surface area contributed by atoms with E-state index in [4.69, 9.17) is 18.9 Å². The van der Waals surface area contributed by atoms with E-state index in [1.807, 2.05) is 20.8 Å². The minimum Gasteiger partial charge on any atom is -0.491 e. The smallest absolute Gasteiger partial charge is 0.410 e. The second-order valence-corrected chi connectivity index (χ2v) is 8.00. The number of amides is 1. The topological polar surface area (TPSA) is 95.0 Å². The van der Waals surface area contributed by atoms with Crippen LogP contribution in [0.5, 0.6) is 11.6 Å². The summed E-state index contributed by atoms with van der Waals surface area (Å²) in [5, 5.41) is 3.00. The lowest BCUT2D eigenvalue weighted by atomic mass is 10.1. The first-order valence-electron chi connectivity index (χ1n) is 11.0. The zero-order valence-corrected chi connectivity index (χ0v) is 19.5. The summed E-state index contributed by atoms with van der Waals surface area (Å²) < 4.78 is 36.2. The lowest BCUT2D eigenvalue weighted by molar-refractivity contribution is 0.0505. The number of piperidine rings is 1. The van der Waals surface area contributed by atoms with Crippen LogP contribution in [-0.4, -0.2) is 66.6 Å². The first kappa shape index (κ1) is 24.5. The number of hydrogen-bond acceptors (Lipinski definition) is 8. The minimum atomic E-state index is -0.467. The number of ether oxygens (including phenoxy) is 4. The number of hydrogen-bond donors (Lipinski definition) is 1. The minimum absolute atomic E-state index is 0.0881. The largest absolute Gasteiger partial charge is 0.491 e. The van der Waals surface area contributed by atoms with Crippen LogP contribution in [0.3, 0.4) is 0 Å². The van der Waals surface area contributed by atoms with Crippen LogP contribution in [0.15, 0.2) is 24.5 Å². The molecule has 180 valence electrons. The predicted molar refractivity (Wildman–Crippen MR) is 121 cm³/mol. The van der Waals surface area contributed by atoms with Gasteiger partial charge in [0.05, 0.1) is 24.0 Å². The molecule has 1 aliphatic rings. The number of anilines is 2. The van der Waals surface area contributed by atoms with Crippen molar-refractivity contribution in [3.63, 3.8) is 0 Å². The number of rotatable bonds is 9. The molecule has 0 saturated carbocycles. The van der Waals surface area contributed by atoms with Gasteiger partial charge in [0.15, 0.2) is 0 Å². The Bertz CT molecular complexity index is 935. The average Bonchev–Trinajstić information content (AvgIpc) is 2.78. The molecule has 1 saturated heterocycles. The van der Waals surface area contributed by atoms with E-state index in [-0.39, 0.29) is 24.0 Å². The number of likely N-dealkylation sites (tertiary alicyclic amines) is 1. The second-order valence-electron chi connectivity index (χ2n) is 8.00. The van der Waals surface area contributed by atoms with E-state index >= 15 is 0 Å². The third kappa shape index (κ3) is 6.92. The number of halogens is 1. The maximum atomic E-state index is 14.5. The number of nitrogens with one attached hydrogen (secondary N) is 1. The van der Waals surface area contributed by atoms with Crippen molar-refractivity contribution in [2.45, 2.75) is 45.8 Å². The van der Waals surface area contributed by atoms with Crippen molar-refractivity contribution in [3.05, 3.63) is 35.9 Å². The summed E-state index contributed by atoms with van der Waals surface area (Å²) in [5.74, 6) is 0.828. The maximum absolute atomic E-state index is 14.5. The molecule has 3 rings (SSSR count). The molecular formula is C23H31FN4O5. The molecular weight excluding hydrogens is 431 g/mol. The molecule has 0 spiro atoms. The Hall–Kier alpha value is -3.14. The first-order valence-corrected chi connectivity index (χ1v) is 11.0. The van der Waals surface area contributed by atoms with Crippen LogP contribution in [0.1, 0.15) is 32.3 Å². The number of benzene rings is 1. The quantitative estimate of drug-likeness (QED) is 0.557. The van der Waals surface area contributed by atoms with E-state index in [0.29, 0.717) is 62.2 Å². The maximum Gasteiger partial charge on any atom is 0.410 e. The first-order chi connectivity index (χ1) is 15.9. The fraction of sp³-hybridized carbons (Fsp3) is 0.522. The van der Waals surface area contributed by atoms with Crippen LogP contribution in [0.4, 0.5) is 20.7 Å². The summed E-state index contributed by atoms with van der Waals surface area (Å²) in [5.41, 5.74) is 0.929. The molecule has 1 amide bonds. The van der Waals surface area contributed by atoms with Crippen molar-refractivity contribution in [2.24, 2.45) is 0 Å². The van der Waals surface area contributed by atoms with Crippen LogP contribution in [0, 0.1) is 12.7 Å². The van der Waals surface area contributed by atoms with Gasteiger partial charge in [-0.05, 0) is 32.9 Å². The van der Waals surface area contributed by atoms with Crippen molar-refractivity contribution in [2.75, 3.05) is 38.7 Å². The van der Waals surface area contributed by atoms with Crippen molar-refractivity contribution in [3.8, 4) is 11.6 Å². The summed E-state index contributed by atoms with van der Waals surface area (Å²) >= 11 is 0. The van der Waals surface area contributed by atoms with Gasteiger partial charge < -0.3 is 29.2 Å². The number of methoxy groups -OCH3 is 1. The fourth-order valence-electron chi connectivity index (χ4n) is 3.33. The van der Waals surface area contributed by atoms with Crippen molar-refractivity contribution >= 4 is 17.6 Å². The molecule has 0 unspecified atom stereocenters. The van der Waals surface area contributed by atoms with Gasteiger partial charge in [-0.1, -0.05) is 0 Å². The lowest BCUT2D eigenvalue weighted by Crippen LogP contribution is -2.42. The molecule has 33 heavy (non-hydrogen) atoms. The summed E-state index contributed by atoms with van der Waals surface area (Å²) in [7, 11) is 1.58. The number of carbonyl (C=O) groups excluding carboxylic acids is 1. The molecule has 9 nitrogen and oxygen atoms in total. The van der Waals surface area contributed by atoms with E-state index in [0.717, 1.165) is 0 Å². The molecule has 0 bridgehead atoms. The van der Waals surface area contributed by atoms with Crippen molar-refractivity contribution < 1.29 is 28.1 Å². The Morgan fingerprint density at radius 1 is 1.24 bits per heavy atom. The van der Waals surface area contributed by atoms with E-state index in [2.05, 4.69) is 15.3 Å². The molecule has 2 heterocycles. The van der Waals surface area contributed by atoms with Crippen molar-refractivity contribution in [1.29, 1.82) is 0 Å². The van der Waals surface area contributed by atoms with Crippen LogP contribution < -0.4 is 14.8 Å². The molecule has 1 N–H and O–H groups in total. The highest BCUT2D eigenvalue weighted by molar-refractivity contribution is 5.68. The summed E-state index contributed by atoms with van der Waals surface area (Å²) in [6.07, 6.45) is 2.17. The lowest BCUT2D eigenvalue weighted by Gasteiger charge is -2.32. The fourth-order valence-corrected chi connectivity index (χ4v) is 3.33. The third-order valence-corrected chi connectivity index (χ3v) is 5.10. The van der Waals surface area contributed by atoms with Crippen molar-refractivity contribution in [1.82, 2.24) is 14.9 Å². The van der Waals surface area contributed by atoms with Gasteiger partial charge in [0.2, 0.25) is 5.88 Å². The normalized spacial score (nSPS) is 14.3. The predicted octanol–water partition coefficient (Wildman–Crippen LogP) is 4.08. The highest BCUT2D eigenvalue weighted by Crippen LogP contribution is 2.29. The van der Waals surface area contributed by atoms with Gasteiger partial charge in [-0.3, -0.25) is 0 Å². The SMILES string of the molecule is COCCOc1ccc(Nc2ncnc(OC3CCN(C(=O)OC(C)C)CC3)c2C)c(F)c1. The molecule has 1 aromatic heterocycles. The number of nitrogens with zero attached hydrogens (tertiary/aromatic N) is 3. The highest BCUT2D eigenvalue weighted by atomic mass is 19.1. The zero-order valence-electron chi connectivity index (χ0n) is 19.5. The zero-order chi connectivity index (χ0) is 23.8. The molecule has 2 aromatic rings. The molecule has 0 aliphatic carbocycles. The Morgan fingerprint density at radius 2 is 2.00 bits per heavy atom. The molecule has 10 heteroatoms. The van der Waals surface area contributed by atoms with Gasteiger partial charge in [0.25, 0.3) is 0 Å². The van der Waals surface area contributed by atoms with Gasteiger partial charge in [-0.25, -0.2) is 19.2 Å². The van der Waals surface area contributed by atoms with Crippen LogP contribution in [0.25, 0.3) is 0 Å². The Morgan fingerprint density at radius 3 is 2.67 bits per heavy atom. The van der Waals surface area contributed by atoms with Gasteiger partial charge in [0, 0.05) is 39.1 Å². The summed E-state index contributed by atoms with van der Waals surface area (Å²) in [4.78, 5) is 22.2. The molecule has 0 radical (unpaired) electrons. The Kier molecular flexibility index (Phi) is 8.65. The molecule has 1 fully saturated rings. The van der Waals surface area contributed by atoms with E-state index in [9.17, 15) is 9.18 Å². The van der Waals surface area contributed by atoms with Gasteiger partial charge in [0.1, 0.15) is 36.4 Å². The van der Waals surface area contributed by atoms with Gasteiger partial charge in [-0.2, -0.15) is 0 Å². The molecule has 1 aromatic carbocycles. The van der Waals surface area contributed by atoms with Crippen LogP contribution in [-0.2, 0) is 9.47 Å². The highest BCUT2D eigenvalue weighted by Gasteiger charge is 2.26. The Labute approximate surface area is 193 Å². The third-order valence-electron chi connectivity index (χ3n) is 5.10. The van der Waals surface area contributed by atoms with E-state index < -0.39 is 5.82 Å². The van der Waals surface area contributed by atoms with E-state index in [1.54, 1.807) is 24.1 Å². The Balaban J connectivity index is 1.59. The van der Waals surface area contributed by atoms with Gasteiger partial charge in [-0.15, -0.1) is 0 Å². The average molecular weight is 463 g/mol. The summed E-state index contributed by atoms with van der Waals surface area (Å²) in [6, 6.07) is 4.57. The van der Waals surface area contributed by atoms with Crippen LogP contribution in [0.2, 0.25) is 0 Å². The number of aromatic nitrogens is 2. The molecule has 1 aliphatic heterocycles.